The quantitative estimate of drug-likeness (QED) is 0.919. The Bertz CT molecular complexity index is 608. The van der Waals surface area contributed by atoms with Crippen molar-refractivity contribution in [1.82, 2.24) is 0 Å². The van der Waals surface area contributed by atoms with Crippen LogP contribution in [0.4, 0.5) is 5.69 Å². The predicted molar refractivity (Wildman–Crippen MR) is 82.6 cm³/mol. The van der Waals surface area contributed by atoms with Gasteiger partial charge in [0.25, 0.3) is 0 Å². The smallest absolute Gasteiger partial charge is 0.221 e. The number of carbonyl (C=O) groups is 1. The number of hydrogen-bond acceptors (Lipinski definition) is 3. The van der Waals surface area contributed by atoms with Gasteiger partial charge in [0.05, 0.1) is 12.8 Å². The van der Waals surface area contributed by atoms with E-state index < -0.39 is 0 Å². The molecule has 0 aromatic heterocycles. The summed E-state index contributed by atoms with van der Waals surface area (Å²) in [5.74, 6) is 0.770. The average molecular weight is 287 g/mol. The summed E-state index contributed by atoms with van der Waals surface area (Å²) >= 11 is 1.62. The Morgan fingerprint density at radius 3 is 2.45 bits per heavy atom. The van der Waals surface area contributed by atoms with Crippen molar-refractivity contribution in [3.8, 4) is 5.75 Å². The highest BCUT2D eigenvalue weighted by Crippen LogP contribution is 2.34. The molecule has 0 aliphatic heterocycles. The summed E-state index contributed by atoms with van der Waals surface area (Å²) < 4.78 is 5.15. The Labute approximate surface area is 123 Å². The molecule has 0 bridgehead atoms. The Kier molecular flexibility index (Phi) is 4.69. The third-order valence-electron chi connectivity index (χ3n) is 2.74. The second-order valence-corrected chi connectivity index (χ2v) is 5.57. The van der Waals surface area contributed by atoms with E-state index >= 15 is 0 Å². The second-order valence-electron chi connectivity index (χ2n) is 4.46. The Balaban J connectivity index is 2.26. The van der Waals surface area contributed by atoms with Gasteiger partial charge in [-0.1, -0.05) is 17.8 Å². The second kappa shape index (κ2) is 6.48. The molecule has 1 amide bonds. The number of carbonyl (C=O) groups excluding carboxylic acids is 1. The summed E-state index contributed by atoms with van der Waals surface area (Å²) in [5.41, 5.74) is 2.00. The molecule has 0 heterocycles. The number of methoxy groups -OCH3 is 1. The molecule has 0 saturated heterocycles. The topological polar surface area (TPSA) is 38.3 Å². The van der Waals surface area contributed by atoms with Crippen LogP contribution in [0.15, 0.2) is 52.3 Å². The van der Waals surface area contributed by atoms with Crippen molar-refractivity contribution in [2.75, 3.05) is 12.4 Å². The number of hydrogen-bond donors (Lipinski definition) is 1. The third-order valence-corrected chi connectivity index (χ3v) is 3.80. The van der Waals surface area contributed by atoms with Gasteiger partial charge in [0, 0.05) is 16.7 Å². The lowest BCUT2D eigenvalue weighted by molar-refractivity contribution is -0.114. The van der Waals surface area contributed by atoms with Gasteiger partial charge in [-0.25, -0.2) is 0 Å². The standard InChI is InChI=1S/C16H17NO2S/c1-11-4-9-15(17-12(2)18)16(10-11)20-14-7-5-13(19-3)6-8-14/h4-10H,1-3H3,(H,17,18). The molecule has 3 nitrogen and oxygen atoms in total. The first kappa shape index (κ1) is 14.5. The Hall–Kier alpha value is -1.94. The van der Waals surface area contributed by atoms with Gasteiger partial charge >= 0.3 is 0 Å². The fourth-order valence-corrected chi connectivity index (χ4v) is 2.78. The molecule has 0 radical (unpaired) electrons. The summed E-state index contributed by atoms with van der Waals surface area (Å²) in [5, 5.41) is 2.86. The molecule has 0 saturated carbocycles. The summed E-state index contributed by atoms with van der Waals surface area (Å²) in [6, 6.07) is 13.9. The van der Waals surface area contributed by atoms with Crippen LogP contribution >= 0.6 is 11.8 Å². The van der Waals surface area contributed by atoms with Crippen LogP contribution in [-0.2, 0) is 4.79 Å². The van der Waals surface area contributed by atoms with Gasteiger partial charge < -0.3 is 10.1 Å². The predicted octanol–water partition coefficient (Wildman–Crippen LogP) is 4.11. The zero-order valence-corrected chi connectivity index (χ0v) is 12.6. The van der Waals surface area contributed by atoms with Gasteiger partial charge in [-0.15, -0.1) is 0 Å². The summed E-state index contributed by atoms with van der Waals surface area (Å²) in [6.45, 7) is 3.55. The molecule has 1 N–H and O–H groups in total. The minimum absolute atomic E-state index is 0.0644. The fraction of sp³-hybridized carbons (Fsp3) is 0.188. The van der Waals surface area contributed by atoms with Crippen molar-refractivity contribution >= 4 is 23.4 Å². The highest BCUT2D eigenvalue weighted by Gasteiger charge is 2.06. The molecule has 104 valence electrons. The molecule has 2 aromatic rings. The van der Waals surface area contributed by atoms with Gasteiger partial charge in [0.15, 0.2) is 0 Å². The molecule has 2 rings (SSSR count). The van der Waals surface area contributed by atoms with Crippen LogP contribution in [0.3, 0.4) is 0 Å². The summed E-state index contributed by atoms with van der Waals surface area (Å²) in [6.07, 6.45) is 0. The number of nitrogens with one attached hydrogen (secondary N) is 1. The number of rotatable bonds is 4. The lowest BCUT2D eigenvalue weighted by Gasteiger charge is -2.11. The van der Waals surface area contributed by atoms with E-state index in [4.69, 9.17) is 4.74 Å². The van der Waals surface area contributed by atoms with E-state index in [0.717, 1.165) is 26.8 Å². The van der Waals surface area contributed by atoms with Crippen LogP contribution in [-0.4, -0.2) is 13.0 Å². The molecular weight excluding hydrogens is 270 g/mol. The number of amides is 1. The van der Waals surface area contributed by atoms with Gasteiger partial charge in [-0.2, -0.15) is 0 Å². The summed E-state index contributed by atoms with van der Waals surface area (Å²) in [7, 11) is 1.65. The maximum Gasteiger partial charge on any atom is 0.221 e. The molecule has 20 heavy (non-hydrogen) atoms. The van der Waals surface area contributed by atoms with Crippen molar-refractivity contribution in [2.24, 2.45) is 0 Å². The first-order valence-electron chi connectivity index (χ1n) is 6.28. The fourth-order valence-electron chi connectivity index (χ4n) is 1.78. The van der Waals surface area contributed by atoms with E-state index in [1.807, 2.05) is 43.3 Å². The van der Waals surface area contributed by atoms with Gasteiger partial charge in [0.2, 0.25) is 5.91 Å². The van der Waals surface area contributed by atoms with Crippen LogP contribution in [0.25, 0.3) is 0 Å². The van der Waals surface area contributed by atoms with E-state index in [2.05, 4.69) is 11.4 Å². The van der Waals surface area contributed by atoms with Crippen LogP contribution < -0.4 is 10.1 Å². The third kappa shape index (κ3) is 3.78. The van der Waals surface area contributed by atoms with Crippen molar-refractivity contribution in [1.29, 1.82) is 0 Å². The number of aryl methyl sites for hydroxylation is 1. The number of ether oxygens (including phenoxy) is 1. The van der Waals surface area contributed by atoms with E-state index in [9.17, 15) is 4.79 Å². The van der Waals surface area contributed by atoms with E-state index in [-0.39, 0.29) is 5.91 Å². The maximum absolute atomic E-state index is 11.2. The van der Waals surface area contributed by atoms with Crippen LogP contribution in [0.2, 0.25) is 0 Å². The van der Waals surface area contributed by atoms with Gasteiger partial charge in [-0.05, 0) is 48.9 Å². The molecule has 0 spiro atoms. The number of benzene rings is 2. The van der Waals surface area contributed by atoms with Crippen molar-refractivity contribution < 1.29 is 9.53 Å². The first-order valence-corrected chi connectivity index (χ1v) is 7.10. The highest BCUT2D eigenvalue weighted by atomic mass is 32.2. The number of anilines is 1. The minimum atomic E-state index is -0.0644. The minimum Gasteiger partial charge on any atom is -0.497 e. The molecular formula is C16H17NO2S. The molecule has 0 unspecified atom stereocenters. The zero-order valence-electron chi connectivity index (χ0n) is 11.8. The largest absolute Gasteiger partial charge is 0.497 e. The lowest BCUT2D eigenvalue weighted by Crippen LogP contribution is -2.06. The Morgan fingerprint density at radius 1 is 1.15 bits per heavy atom. The lowest BCUT2D eigenvalue weighted by atomic mass is 10.2. The van der Waals surface area contributed by atoms with Crippen molar-refractivity contribution in [2.45, 2.75) is 23.6 Å². The van der Waals surface area contributed by atoms with Crippen LogP contribution in [0.5, 0.6) is 5.75 Å². The molecule has 0 atom stereocenters. The van der Waals surface area contributed by atoms with Gasteiger partial charge in [-0.3, -0.25) is 4.79 Å². The summed E-state index contributed by atoms with van der Waals surface area (Å²) in [4.78, 5) is 13.4. The van der Waals surface area contributed by atoms with E-state index in [1.165, 1.54) is 6.92 Å². The van der Waals surface area contributed by atoms with Gasteiger partial charge in [0.1, 0.15) is 5.75 Å². The monoisotopic (exact) mass is 287 g/mol. The zero-order chi connectivity index (χ0) is 14.5. The SMILES string of the molecule is COc1ccc(Sc2cc(C)ccc2NC(C)=O)cc1. The maximum atomic E-state index is 11.2. The first-order chi connectivity index (χ1) is 9.58. The molecule has 0 aliphatic rings. The average Bonchev–Trinajstić information content (AvgIpc) is 2.42. The van der Waals surface area contributed by atoms with E-state index in [0.29, 0.717) is 0 Å². The molecule has 0 aliphatic carbocycles. The Morgan fingerprint density at radius 2 is 1.85 bits per heavy atom. The van der Waals surface area contributed by atoms with Crippen LogP contribution in [0, 0.1) is 6.92 Å². The van der Waals surface area contributed by atoms with Crippen LogP contribution in [0.1, 0.15) is 12.5 Å². The normalized spacial score (nSPS) is 10.2. The van der Waals surface area contributed by atoms with E-state index in [1.54, 1.807) is 18.9 Å². The highest BCUT2D eigenvalue weighted by molar-refractivity contribution is 7.99. The van der Waals surface area contributed by atoms with Crippen molar-refractivity contribution in [3.63, 3.8) is 0 Å². The van der Waals surface area contributed by atoms with Crippen molar-refractivity contribution in [3.05, 3.63) is 48.0 Å². The molecule has 2 aromatic carbocycles. The molecule has 4 heteroatoms. The molecule has 0 fully saturated rings.